The van der Waals surface area contributed by atoms with Gasteiger partial charge in [0.2, 0.25) is 0 Å². The van der Waals surface area contributed by atoms with Crippen LogP contribution in [0.2, 0.25) is 0 Å². The summed E-state index contributed by atoms with van der Waals surface area (Å²) < 4.78 is 1.16. The normalized spacial score (nSPS) is 17.6. The van der Waals surface area contributed by atoms with Gasteiger partial charge < -0.3 is 11.1 Å². The summed E-state index contributed by atoms with van der Waals surface area (Å²) in [5, 5.41) is 5.66. The van der Waals surface area contributed by atoms with Gasteiger partial charge in [0.15, 0.2) is 0 Å². The van der Waals surface area contributed by atoms with Gasteiger partial charge in [-0.25, -0.2) is 0 Å². The fourth-order valence-corrected chi connectivity index (χ4v) is 3.42. The second kappa shape index (κ2) is 6.15. The maximum absolute atomic E-state index is 5.80. The largest absolute Gasteiger partial charge is 0.329 e. The van der Waals surface area contributed by atoms with E-state index in [0.29, 0.717) is 12.6 Å². The third-order valence-electron chi connectivity index (χ3n) is 3.04. The molecule has 0 spiro atoms. The van der Waals surface area contributed by atoms with Crippen LogP contribution in [0.15, 0.2) is 15.9 Å². The number of nitrogens with one attached hydrogen (secondary N) is 1. The first-order valence-electron chi connectivity index (χ1n) is 5.97. The average Bonchev–Trinajstić information content (AvgIpc) is 3.01. The smallest absolute Gasteiger partial charge is 0.0539 e. The molecule has 1 fully saturated rings. The van der Waals surface area contributed by atoms with Crippen molar-refractivity contribution in [1.29, 1.82) is 0 Å². The Balaban J connectivity index is 1.71. The molecule has 16 heavy (non-hydrogen) atoms. The van der Waals surface area contributed by atoms with Crippen LogP contribution < -0.4 is 11.1 Å². The van der Waals surface area contributed by atoms with Gasteiger partial charge in [-0.2, -0.15) is 0 Å². The minimum absolute atomic E-state index is 0.329. The van der Waals surface area contributed by atoms with Crippen LogP contribution in [0.5, 0.6) is 0 Å². The van der Waals surface area contributed by atoms with E-state index in [2.05, 4.69) is 32.7 Å². The Labute approximate surface area is 110 Å². The lowest BCUT2D eigenvalue weighted by molar-refractivity contribution is 0.517. The Kier molecular flexibility index (Phi) is 4.82. The van der Waals surface area contributed by atoms with Gasteiger partial charge in [-0.15, -0.1) is 11.3 Å². The molecule has 1 aliphatic rings. The Morgan fingerprint density at radius 2 is 2.38 bits per heavy atom. The van der Waals surface area contributed by atoms with Crippen LogP contribution in [-0.4, -0.2) is 13.1 Å². The summed E-state index contributed by atoms with van der Waals surface area (Å²) in [6, 6.07) is 2.49. The van der Waals surface area contributed by atoms with Crippen LogP contribution >= 0.6 is 27.3 Å². The molecule has 1 aromatic rings. The number of rotatable bonds is 7. The van der Waals surface area contributed by atoms with Crippen LogP contribution in [0.1, 0.15) is 36.6 Å². The molecule has 1 aromatic heterocycles. The highest BCUT2D eigenvalue weighted by Gasteiger charge is 2.20. The summed E-state index contributed by atoms with van der Waals surface area (Å²) in [6.07, 6.45) is 5.59. The number of halogens is 1. The molecule has 2 nitrogen and oxygen atoms in total. The molecule has 90 valence electrons. The van der Waals surface area contributed by atoms with Gasteiger partial charge in [0.1, 0.15) is 0 Å². The molecular formula is C12H19BrN2S. The average molecular weight is 303 g/mol. The summed E-state index contributed by atoms with van der Waals surface area (Å²) in [5.74, 6) is 1.04. The molecule has 1 unspecified atom stereocenters. The van der Waals surface area contributed by atoms with Crippen LogP contribution in [-0.2, 0) is 0 Å². The maximum Gasteiger partial charge on any atom is 0.0539 e. The van der Waals surface area contributed by atoms with Crippen LogP contribution in [0.4, 0.5) is 0 Å². The van der Waals surface area contributed by atoms with Crippen molar-refractivity contribution >= 4 is 27.3 Å². The molecule has 3 N–H and O–H groups in total. The monoisotopic (exact) mass is 302 g/mol. The fourth-order valence-electron chi connectivity index (χ4n) is 1.88. The summed E-state index contributed by atoms with van der Waals surface area (Å²) in [6.45, 7) is 1.77. The lowest BCUT2D eigenvalue weighted by atomic mass is 10.2. The minimum atomic E-state index is 0.329. The third-order valence-corrected chi connectivity index (χ3v) is 4.85. The van der Waals surface area contributed by atoms with Crippen molar-refractivity contribution in [2.24, 2.45) is 11.7 Å². The van der Waals surface area contributed by atoms with E-state index in [0.717, 1.165) is 16.9 Å². The zero-order chi connectivity index (χ0) is 11.4. The molecule has 2 rings (SSSR count). The number of thiophene rings is 1. The summed E-state index contributed by atoms with van der Waals surface area (Å²) >= 11 is 5.25. The molecule has 0 aliphatic heterocycles. The van der Waals surface area contributed by atoms with Crippen molar-refractivity contribution in [2.75, 3.05) is 13.1 Å². The van der Waals surface area contributed by atoms with Gasteiger partial charge in [-0.05, 0) is 47.3 Å². The molecule has 0 radical (unpaired) electrons. The van der Waals surface area contributed by atoms with Gasteiger partial charge in [0.05, 0.1) is 6.04 Å². The predicted octanol–water partition coefficient (Wildman–Crippen LogP) is 3.29. The van der Waals surface area contributed by atoms with E-state index >= 15 is 0 Å². The summed E-state index contributed by atoms with van der Waals surface area (Å²) in [4.78, 5) is 1.33. The van der Waals surface area contributed by atoms with E-state index < -0.39 is 0 Å². The number of nitrogens with two attached hydrogens (primary N) is 1. The molecule has 0 bridgehead atoms. The van der Waals surface area contributed by atoms with Crippen molar-refractivity contribution in [3.05, 3.63) is 20.8 Å². The highest BCUT2D eigenvalue weighted by Crippen LogP contribution is 2.33. The van der Waals surface area contributed by atoms with Crippen molar-refractivity contribution < 1.29 is 0 Å². The van der Waals surface area contributed by atoms with E-state index in [1.54, 1.807) is 11.3 Å². The topological polar surface area (TPSA) is 38.0 Å². The van der Waals surface area contributed by atoms with Crippen molar-refractivity contribution in [3.63, 3.8) is 0 Å². The first kappa shape index (κ1) is 12.6. The molecule has 1 aliphatic carbocycles. The molecule has 1 saturated carbocycles. The quantitative estimate of drug-likeness (QED) is 0.759. The molecule has 4 heteroatoms. The van der Waals surface area contributed by atoms with Gasteiger partial charge >= 0.3 is 0 Å². The van der Waals surface area contributed by atoms with Crippen LogP contribution in [0.3, 0.4) is 0 Å². The molecule has 0 saturated heterocycles. The summed E-state index contributed by atoms with van der Waals surface area (Å²) in [5.41, 5.74) is 5.80. The van der Waals surface area contributed by atoms with Crippen molar-refractivity contribution in [1.82, 2.24) is 5.32 Å². The first-order chi connectivity index (χ1) is 7.79. The van der Waals surface area contributed by atoms with Gasteiger partial charge in [0.25, 0.3) is 0 Å². The van der Waals surface area contributed by atoms with Gasteiger partial charge in [0, 0.05) is 21.3 Å². The minimum Gasteiger partial charge on any atom is -0.329 e. The SMILES string of the molecule is NCC(NCCCC1CC1)c1cc(Br)cs1. The third kappa shape index (κ3) is 3.84. The molecular weight excluding hydrogens is 284 g/mol. The van der Waals surface area contributed by atoms with E-state index in [-0.39, 0.29) is 0 Å². The lowest BCUT2D eigenvalue weighted by Gasteiger charge is -2.14. The second-order valence-corrected chi connectivity index (χ2v) is 6.35. The highest BCUT2D eigenvalue weighted by atomic mass is 79.9. The molecule has 0 aromatic carbocycles. The second-order valence-electron chi connectivity index (χ2n) is 4.50. The standard InChI is InChI=1S/C12H19BrN2S/c13-10-6-12(16-8-10)11(7-14)15-5-1-2-9-3-4-9/h6,8-9,11,15H,1-5,7,14H2. The van der Waals surface area contributed by atoms with Crippen molar-refractivity contribution in [3.8, 4) is 0 Å². The Hall–Kier alpha value is 0.1000. The zero-order valence-corrected chi connectivity index (χ0v) is 11.8. The Morgan fingerprint density at radius 1 is 1.56 bits per heavy atom. The lowest BCUT2D eigenvalue weighted by Crippen LogP contribution is -2.28. The van der Waals surface area contributed by atoms with Gasteiger partial charge in [-0.3, -0.25) is 0 Å². The van der Waals surface area contributed by atoms with E-state index in [9.17, 15) is 0 Å². The Morgan fingerprint density at radius 3 is 2.94 bits per heavy atom. The number of hydrogen-bond donors (Lipinski definition) is 2. The van der Waals surface area contributed by atoms with E-state index in [4.69, 9.17) is 5.73 Å². The number of hydrogen-bond acceptors (Lipinski definition) is 3. The fraction of sp³-hybridized carbons (Fsp3) is 0.667. The van der Waals surface area contributed by atoms with Gasteiger partial charge in [-0.1, -0.05) is 12.8 Å². The molecule has 0 amide bonds. The van der Waals surface area contributed by atoms with E-state index in [1.807, 2.05) is 0 Å². The predicted molar refractivity (Wildman–Crippen MR) is 73.8 cm³/mol. The molecule has 1 atom stereocenters. The summed E-state index contributed by atoms with van der Waals surface area (Å²) in [7, 11) is 0. The van der Waals surface area contributed by atoms with Crippen LogP contribution in [0.25, 0.3) is 0 Å². The van der Waals surface area contributed by atoms with E-state index in [1.165, 1.54) is 30.6 Å². The van der Waals surface area contributed by atoms with Crippen molar-refractivity contribution in [2.45, 2.75) is 31.7 Å². The molecule has 1 heterocycles. The highest BCUT2D eigenvalue weighted by molar-refractivity contribution is 9.10. The zero-order valence-electron chi connectivity index (χ0n) is 9.42. The first-order valence-corrected chi connectivity index (χ1v) is 7.64. The maximum atomic E-state index is 5.80. The van der Waals surface area contributed by atoms with Crippen LogP contribution in [0, 0.1) is 5.92 Å². The Bertz CT molecular complexity index is 323.